The topological polar surface area (TPSA) is 87.3 Å². The van der Waals surface area contributed by atoms with Crippen LogP contribution in [0.3, 0.4) is 0 Å². The smallest absolute Gasteiger partial charge is 0.241 e. The first kappa shape index (κ1) is 21.6. The first-order valence-corrected chi connectivity index (χ1v) is 10.9. The number of hydrogen-bond donors (Lipinski definition) is 3. The summed E-state index contributed by atoms with van der Waals surface area (Å²) in [6.07, 6.45) is 3.13. The summed E-state index contributed by atoms with van der Waals surface area (Å²) < 4.78 is 28.2. The van der Waals surface area contributed by atoms with Crippen molar-refractivity contribution in [1.29, 1.82) is 0 Å². The normalized spacial score (nSPS) is 14.8. The molecule has 0 atom stereocenters. The molecule has 0 unspecified atom stereocenters. The second-order valence-electron chi connectivity index (χ2n) is 7.20. The van der Waals surface area contributed by atoms with Crippen molar-refractivity contribution < 1.29 is 13.2 Å². The molecule has 0 bridgehead atoms. The second-order valence-corrected chi connectivity index (χ2v) is 8.90. The zero-order chi connectivity index (χ0) is 20.2. The average Bonchev–Trinajstić information content (AvgIpc) is 2.63. The van der Waals surface area contributed by atoms with Gasteiger partial charge >= 0.3 is 0 Å². The molecule has 1 heterocycles. The number of rotatable bonds is 7. The van der Waals surface area contributed by atoms with Gasteiger partial charge in [-0.15, -0.1) is 0 Å². The van der Waals surface area contributed by atoms with Crippen molar-refractivity contribution in [2.45, 2.75) is 52.4 Å². The van der Waals surface area contributed by atoms with Crippen molar-refractivity contribution in [2.75, 3.05) is 26.2 Å². The van der Waals surface area contributed by atoms with Crippen LogP contribution in [0, 0.1) is 34.6 Å². The number of sulfonamides is 1. The molecule has 0 spiro atoms. The molecule has 1 aromatic rings. The van der Waals surface area contributed by atoms with Gasteiger partial charge in [0.1, 0.15) is 0 Å². The first-order chi connectivity index (χ1) is 12.6. The van der Waals surface area contributed by atoms with Crippen LogP contribution >= 0.6 is 0 Å². The van der Waals surface area contributed by atoms with Gasteiger partial charge in [0.2, 0.25) is 15.9 Å². The highest BCUT2D eigenvalue weighted by Crippen LogP contribution is 2.29. The Hall–Kier alpha value is -1.70. The maximum Gasteiger partial charge on any atom is 0.241 e. The van der Waals surface area contributed by atoms with E-state index in [1.165, 1.54) is 5.57 Å². The summed E-state index contributed by atoms with van der Waals surface area (Å²) in [7, 11) is -3.66. The Labute approximate surface area is 162 Å². The van der Waals surface area contributed by atoms with Crippen molar-refractivity contribution in [2.24, 2.45) is 0 Å². The van der Waals surface area contributed by atoms with E-state index >= 15 is 0 Å². The van der Waals surface area contributed by atoms with Gasteiger partial charge < -0.3 is 10.6 Å². The van der Waals surface area contributed by atoms with Gasteiger partial charge in [0.05, 0.1) is 4.90 Å². The summed E-state index contributed by atoms with van der Waals surface area (Å²) in [5.41, 5.74) is 5.85. The Kier molecular flexibility index (Phi) is 7.19. The fraction of sp³-hybridized carbons (Fsp3) is 0.550. The lowest BCUT2D eigenvalue weighted by molar-refractivity contribution is -0.120. The van der Waals surface area contributed by atoms with Crippen LogP contribution in [0.1, 0.15) is 40.7 Å². The Morgan fingerprint density at radius 2 is 1.63 bits per heavy atom. The van der Waals surface area contributed by atoms with Gasteiger partial charge in [0.15, 0.2) is 0 Å². The number of carbonyl (C=O) groups excluding carboxylic acids is 1. The van der Waals surface area contributed by atoms with E-state index in [-0.39, 0.29) is 18.9 Å². The average molecular weight is 394 g/mol. The SMILES string of the molecule is Cc1c(C)c(C)c(S(=O)(=O)NCCC(=O)NCC2=CCNCC2)c(C)c1C. The third-order valence-corrected chi connectivity index (χ3v) is 7.25. The number of amides is 1. The maximum absolute atomic E-state index is 12.8. The number of benzene rings is 1. The lowest BCUT2D eigenvalue weighted by atomic mass is 9.95. The molecule has 1 aliphatic rings. The second kappa shape index (κ2) is 8.99. The van der Waals surface area contributed by atoms with E-state index in [2.05, 4.69) is 21.4 Å². The first-order valence-electron chi connectivity index (χ1n) is 9.37. The Bertz CT molecular complexity index is 829. The predicted octanol–water partition coefficient (Wildman–Crippen LogP) is 1.93. The van der Waals surface area contributed by atoms with Crippen LogP contribution in [0.4, 0.5) is 0 Å². The van der Waals surface area contributed by atoms with Crippen LogP contribution < -0.4 is 15.4 Å². The van der Waals surface area contributed by atoms with Crippen molar-refractivity contribution >= 4 is 15.9 Å². The van der Waals surface area contributed by atoms with Gasteiger partial charge in [0.25, 0.3) is 0 Å². The molecular weight excluding hydrogens is 362 g/mol. The molecular formula is C20H31N3O3S. The van der Waals surface area contributed by atoms with Crippen LogP contribution in [-0.2, 0) is 14.8 Å². The van der Waals surface area contributed by atoms with E-state index in [1.54, 1.807) is 0 Å². The predicted molar refractivity (Wildman–Crippen MR) is 109 cm³/mol. The summed E-state index contributed by atoms with van der Waals surface area (Å²) in [6, 6.07) is 0. The molecule has 1 aromatic carbocycles. The summed E-state index contributed by atoms with van der Waals surface area (Å²) in [5, 5.41) is 6.08. The molecule has 6 nitrogen and oxygen atoms in total. The Balaban J connectivity index is 1.97. The van der Waals surface area contributed by atoms with Crippen molar-refractivity contribution in [3.8, 4) is 0 Å². The highest BCUT2D eigenvalue weighted by Gasteiger charge is 2.23. The summed E-state index contributed by atoms with van der Waals surface area (Å²) in [5.74, 6) is -0.151. The molecule has 0 fully saturated rings. The van der Waals surface area contributed by atoms with Crippen molar-refractivity contribution in [3.05, 3.63) is 39.5 Å². The zero-order valence-electron chi connectivity index (χ0n) is 17.0. The molecule has 7 heteroatoms. The highest BCUT2D eigenvalue weighted by molar-refractivity contribution is 7.89. The van der Waals surface area contributed by atoms with Crippen LogP contribution in [0.2, 0.25) is 0 Å². The van der Waals surface area contributed by atoms with Gasteiger partial charge in [-0.25, -0.2) is 13.1 Å². The van der Waals surface area contributed by atoms with Crippen molar-refractivity contribution in [3.63, 3.8) is 0 Å². The molecule has 1 amide bonds. The van der Waals surface area contributed by atoms with E-state index in [0.29, 0.717) is 11.4 Å². The third-order valence-electron chi connectivity index (χ3n) is 5.51. The van der Waals surface area contributed by atoms with Gasteiger partial charge in [0, 0.05) is 26.1 Å². The van der Waals surface area contributed by atoms with Crippen LogP contribution in [-0.4, -0.2) is 40.5 Å². The van der Waals surface area contributed by atoms with Crippen LogP contribution in [0.25, 0.3) is 0 Å². The van der Waals surface area contributed by atoms with Gasteiger partial charge in [-0.1, -0.05) is 11.6 Å². The van der Waals surface area contributed by atoms with E-state index < -0.39 is 10.0 Å². The van der Waals surface area contributed by atoms with E-state index in [1.807, 2.05) is 34.6 Å². The minimum Gasteiger partial charge on any atom is -0.352 e. The largest absolute Gasteiger partial charge is 0.352 e. The monoisotopic (exact) mass is 393 g/mol. The lowest BCUT2D eigenvalue weighted by Crippen LogP contribution is -2.33. The van der Waals surface area contributed by atoms with Gasteiger partial charge in [-0.05, 0) is 75.4 Å². The minimum atomic E-state index is -3.66. The Morgan fingerprint density at radius 1 is 1.04 bits per heavy atom. The number of nitrogens with one attached hydrogen (secondary N) is 3. The quantitative estimate of drug-likeness (QED) is 0.618. The highest BCUT2D eigenvalue weighted by atomic mass is 32.2. The number of carbonyl (C=O) groups is 1. The fourth-order valence-corrected chi connectivity index (χ4v) is 5.00. The van der Waals surface area contributed by atoms with Crippen LogP contribution in [0.5, 0.6) is 0 Å². The molecule has 27 heavy (non-hydrogen) atoms. The lowest BCUT2D eigenvalue weighted by Gasteiger charge is -2.19. The van der Waals surface area contributed by atoms with Gasteiger partial charge in [-0.3, -0.25) is 4.79 Å². The third kappa shape index (κ3) is 5.18. The maximum atomic E-state index is 12.8. The number of hydrogen-bond acceptors (Lipinski definition) is 4. The van der Waals surface area contributed by atoms with E-state index in [4.69, 9.17) is 0 Å². The Morgan fingerprint density at radius 3 is 2.19 bits per heavy atom. The van der Waals surface area contributed by atoms with Crippen molar-refractivity contribution in [1.82, 2.24) is 15.4 Å². The van der Waals surface area contributed by atoms with E-state index in [9.17, 15) is 13.2 Å². The molecule has 0 saturated carbocycles. The zero-order valence-corrected chi connectivity index (χ0v) is 17.8. The standard InChI is InChI=1S/C20H31N3O3S/c1-13-14(2)16(4)20(17(5)15(13)3)27(25,26)23-11-8-19(24)22-12-18-6-9-21-10-7-18/h6,21,23H,7-12H2,1-5H3,(H,22,24). The minimum absolute atomic E-state index is 0.0830. The summed E-state index contributed by atoms with van der Waals surface area (Å²) >= 11 is 0. The molecule has 0 saturated heterocycles. The molecule has 0 aromatic heterocycles. The molecule has 150 valence electrons. The van der Waals surface area contributed by atoms with Crippen LogP contribution in [0.15, 0.2) is 16.5 Å². The molecule has 3 N–H and O–H groups in total. The molecule has 0 aliphatic carbocycles. The summed E-state index contributed by atoms with van der Waals surface area (Å²) in [4.78, 5) is 12.3. The van der Waals surface area contributed by atoms with E-state index in [0.717, 1.165) is 47.3 Å². The van der Waals surface area contributed by atoms with Gasteiger partial charge in [-0.2, -0.15) is 0 Å². The summed E-state index contributed by atoms with van der Waals surface area (Å²) in [6.45, 7) is 11.9. The molecule has 0 radical (unpaired) electrons. The molecule has 2 rings (SSSR count). The fourth-order valence-electron chi connectivity index (χ4n) is 3.37. The molecule has 1 aliphatic heterocycles.